The number of pyridine rings is 1. The van der Waals surface area contributed by atoms with Gasteiger partial charge in [0.05, 0.1) is 33.8 Å². The van der Waals surface area contributed by atoms with Gasteiger partial charge >= 0.3 is 0 Å². The molecule has 5 aromatic heterocycles. The monoisotopic (exact) mass is 558 g/mol. The molecule has 6 aromatic rings. The first-order valence-corrected chi connectivity index (χ1v) is 13.3. The number of nitrogens with two attached hydrogens (primary N) is 1. The standard InChI is InChI=1S/C27H20F2N8O2S/c1-13(22-20(14-3-2-4-15(28)9-14)26(38)36-11-16(29)5-8-19(36)34-22)37-25-21(24(30)32-12-33-25)23(35-37)18-10-31-27(40-18)39-17-6-7-17/h2-5,8-13,17H,6-7H2,1H3,(H2,30,32,33)/t13-/m0/s1. The summed E-state index contributed by atoms with van der Waals surface area (Å²) >= 11 is 1.34. The van der Waals surface area contributed by atoms with Crippen LogP contribution in [0.25, 0.3) is 38.4 Å². The highest BCUT2D eigenvalue weighted by Crippen LogP contribution is 2.39. The molecule has 40 heavy (non-hydrogen) atoms. The van der Waals surface area contributed by atoms with Crippen LogP contribution in [0.3, 0.4) is 0 Å². The normalized spacial score (nSPS) is 14.2. The van der Waals surface area contributed by atoms with E-state index in [1.54, 1.807) is 23.9 Å². The average Bonchev–Trinajstić information content (AvgIpc) is 3.48. The fraction of sp³-hybridized carbons (Fsp3) is 0.185. The van der Waals surface area contributed by atoms with Crippen LogP contribution in [-0.2, 0) is 0 Å². The Hall–Kier alpha value is -4.78. The summed E-state index contributed by atoms with van der Waals surface area (Å²) in [7, 11) is 0. The molecule has 1 saturated carbocycles. The minimum Gasteiger partial charge on any atom is -0.467 e. The van der Waals surface area contributed by atoms with Gasteiger partial charge in [0.1, 0.15) is 41.2 Å². The number of nitrogens with zero attached hydrogens (tertiary/aromatic N) is 7. The molecule has 1 aliphatic carbocycles. The molecule has 0 spiro atoms. The topological polar surface area (TPSA) is 126 Å². The molecule has 1 aromatic carbocycles. The van der Waals surface area contributed by atoms with Gasteiger partial charge in [0.2, 0.25) is 0 Å². The lowest BCUT2D eigenvalue weighted by Gasteiger charge is -2.18. The van der Waals surface area contributed by atoms with Crippen molar-refractivity contribution in [3.8, 4) is 26.9 Å². The van der Waals surface area contributed by atoms with E-state index in [4.69, 9.17) is 20.6 Å². The van der Waals surface area contributed by atoms with Crippen LogP contribution in [0.2, 0.25) is 0 Å². The molecule has 200 valence electrons. The van der Waals surface area contributed by atoms with Gasteiger partial charge < -0.3 is 10.5 Å². The van der Waals surface area contributed by atoms with Crippen molar-refractivity contribution < 1.29 is 13.5 Å². The van der Waals surface area contributed by atoms with Crippen LogP contribution in [0.1, 0.15) is 31.5 Å². The Balaban J connectivity index is 1.45. The smallest absolute Gasteiger partial charge is 0.274 e. The zero-order chi connectivity index (χ0) is 27.5. The van der Waals surface area contributed by atoms with Gasteiger partial charge in [-0.1, -0.05) is 23.5 Å². The molecule has 13 heteroatoms. The van der Waals surface area contributed by atoms with Gasteiger partial charge in [-0.05, 0) is 49.6 Å². The highest BCUT2D eigenvalue weighted by atomic mass is 32.1. The molecule has 1 fully saturated rings. The third-order valence-corrected chi connectivity index (χ3v) is 7.61. The van der Waals surface area contributed by atoms with E-state index >= 15 is 0 Å². The Morgan fingerprint density at radius 2 is 1.98 bits per heavy atom. The summed E-state index contributed by atoms with van der Waals surface area (Å²) in [5.41, 5.74) is 7.61. The van der Waals surface area contributed by atoms with Crippen molar-refractivity contribution >= 4 is 33.8 Å². The highest BCUT2D eigenvalue weighted by Gasteiger charge is 2.28. The number of halogens is 2. The van der Waals surface area contributed by atoms with Crippen molar-refractivity contribution in [3.05, 3.63) is 82.8 Å². The predicted molar refractivity (Wildman–Crippen MR) is 145 cm³/mol. The molecule has 1 aliphatic rings. The SMILES string of the molecule is C[C@@H](c1nc2ccc(F)cn2c(=O)c1-c1cccc(F)c1)n1nc(-c2cnc(OC3CC3)s2)c2c(N)ncnc21. The Kier molecular flexibility index (Phi) is 5.56. The Labute approximate surface area is 228 Å². The lowest BCUT2D eigenvalue weighted by molar-refractivity contribution is 0.301. The molecule has 0 bridgehead atoms. The van der Waals surface area contributed by atoms with Crippen molar-refractivity contribution in [2.24, 2.45) is 0 Å². The lowest BCUT2D eigenvalue weighted by atomic mass is 10.0. The lowest BCUT2D eigenvalue weighted by Crippen LogP contribution is -2.23. The van der Waals surface area contributed by atoms with E-state index < -0.39 is 23.2 Å². The first-order valence-electron chi connectivity index (χ1n) is 12.5. The van der Waals surface area contributed by atoms with Gasteiger partial charge in [-0.2, -0.15) is 5.10 Å². The third-order valence-electron chi connectivity index (χ3n) is 6.72. The number of fused-ring (bicyclic) bond motifs is 2. The number of hydrogen-bond acceptors (Lipinski definition) is 9. The van der Waals surface area contributed by atoms with Crippen LogP contribution in [0, 0.1) is 11.6 Å². The van der Waals surface area contributed by atoms with Crippen LogP contribution in [0.15, 0.2) is 59.9 Å². The van der Waals surface area contributed by atoms with E-state index in [9.17, 15) is 13.6 Å². The van der Waals surface area contributed by atoms with Crippen molar-refractivity contribution in [3.63, 3.8) is 0 Å². The molecule has 5 heterocycles. The van der Waals surface area contributed by atoms with Crippen LogP contribution in [0.5, 0.6) is 5.19 Å². The van der Waals surface area contributed by atoms with Crippen molar-refractivity contribution in [1.82, 2.24) is 34.1 Å². The molecule has 0 amide bonds. The van der Waals surface area contributed by atoms with Crippen molar-refractivity contribution in [1.29, 1.82) is 0 Å². The maximum Gasteiger partial charge on any atom is 0.274 e. The number of anilines is 1. The van der Waals surface area contributed by atoms with Crippen LogP contribution < -0.4 is 16.0 Å². The number of nitrogen functional groups attached to an aromatic ring is 1. The van der Waals surface area contributed by atoms with Gasteiger partial charge in [-0.15, -0.1) is 0 Å². The molecule has 10 nitrogen and oxygen atoms in total. The fourth-order valence-corrected chi connectivity index (χ4v) is 5.47. The van der Waals surface area contributed by atoms with Crippen LogP contribution in [-0.4, -0.2) is 40.2 Å². The second-order valence-electron chi connectivity index (χ2n) is 9.50. The second kappa shape index (κ2) is 9.16. The minimum atomic E-state index is -0.679. The quantitative estimate of drug-likeness (QED) is 0.314. The molecule has 0 saturated heterocycles. The van der Waals surface area contributed by atoms with E-state index in [2.05, 4.69) is 15.0 Å². The summed E-state index contributed by atoms with van der Waals surface area (Å²) in [5, 5.41) is 5.90. The van der Waals surface area contributed by atoms with Crippen molar-refractivity contribution in [2.75, 3.05) is 5.73 Å². The van der Waals surface area contributed by atoms with Gasteiger partial charge in [-0.25, -0.2) is 33.4 Å². The Morgan fingerprint density at radius 3 is 2.77 bits per heavy atom. The summed E-state index contributed by atoms with van der Waals surface area (Å²) < 4.78 is 36.9. The maximum atomic E-state index is 14.3. The van der Waals surface area contributed by atoms with E-state index in [0.29, 0.717) is 38.1 Å². The predicted octanol–water partition coefficient (Wildman–Crippen LogP) is 4.64. The Bertz CT molecular complexity index is 2000. The number of rotatable bonds is 6. The van der Waals surface area contributed by atoms with Gasteiger partial charge in [0, 0.05) is 6.20 Å². The molecular weight excluding hydrogens is 538 g/mol. The average molecular weight is 559 g/mol. The fourth-order valence-electron chi connectivity index (χ4n) is 4.65. The highest BCUT2D eigenvalue weighted by molar-refractivity contribution is 7.16. The van der Waals surface area contributed by atoms with E-state index in [1.165, 1.54) is 48.0 Å². The van der Waals surface area contributed by atoms with E-state index in [0.717, 1.165) is 23.4 Å². The molecular formula is C27H20F2N8O2S. The third kappa shape index (κ3) is 4.06. The molecule has 0 radical (unpaired) electrons. The first kappa shape index (κ1) is 24.3. The number of thiazole rings is 1. The van der Waals surface area contributed by atoms with Crippen LogP contribution >= 0.6 is 11.3 Å². The molecule has 0 unspecified atom stereocenters. The maximum absolute atomic E-state index is 14.3. The zero-order valence-corrected chi connectivity index (χ0v) is 21.8. The Morgan fingerprint density at radius 1 is 1.12 bits per heavy atom. The van der Waals surface area contributed by atoms with E-state index in [1.807, 2.05) is 0 Å². The number of ether oxygens (including phenoxy) is 1. The first-order chi connectivity index (χ1) is 19.4. The molecule has 7 rings (SSSR count). The second-order valence-corrected chi connectivity index (χ2v) is 10.5. The summed E-state index contributed by atoms with van der Waals surface area (Å²) in [6.07, 6.45) is 6.25. The molecule has 0 aliphatic heterocycles. The molecule has 2 N–H and O–H groups in total. The van der Waals surface area contributed by atoms with Gasteiger partial charge in [0.25, 0.3) is 10.8 Å². The summed E-state index contributed by atoms with van der Waals surface area (Å²) in [5.74, 6) is -0.905. The summed E-state index contributed by atoms with van der Waals surface area (Å²) in [6.45, 7) is 1.80. The summed E-state index contributed by atoms with van der Waals surface area (Å²) in [4.78, 5) is 32.2. The van der Waals surface area contributed by atoms with E-state index in [-0.39, 0.29) is 23.1 Å². The number of hydrogen-bond donors (Lipinski definition) is 1. The van der Waals surface area contributed by atoms with Crippen LogP contribution in [0.4, 0.5) is 14.6 Å². The number of aromatic nitrogens is 7. The largest absolute Gasteiger partial charge is 0.467 e. The van der Waals surface area contributed by atoms with Gasteiger partial charge in [-0.3, -0.25) is 9.20 Å². The summed E-state index contributed by atoms with van der Waals surface area (Å²) in [6, 6.07) is 7.58. The van der Waals surface area contributed by atoms with Crippen molar-refractivity contribution in [2.45, 2.75) is 31.9 Å². The zero-order valence-electron chi connectivity index (χ0n) is 21.0. The number of benzene rings is 1. The molecule has 1 atom stereocenters. The van der Waals surface area contributed by atoms with Gasteiger partial charge in [0.15, 0.2) is 5.65 Å². The minimum absolute atomic E-state index is 0.111.